The number of aromatic hydroxyl groups is 1. The van der Waals surface area contributed by atoms with Gasteiger partial charge < -0.3 is 10.4 Å². The number of phenols is 1. The molecule has 7 heteroatoms. The third kappa shape index (κ3) is 6.27. The lowest BCUT2D eigenvalue weighted by molar-refractivity contribution is -0.124. The molecule has 0 aromatic heterocycles. The van der Waals surface area contributed by atoms with E-state index in [0.717, 1.165) is 5.56 Å². The summed E-state index contributed by atoms with van der Waals surface area (Å²) in [4.78, 5) is 23.5. The number of halogens is 1. The first-order valence-electron chi connectivity index (χ1n) is 7.61. The Hall–Kier alpha value is -2.86. The van der Waals surface area contributed by atoms with Crippen molar-refractivity contribution in [1.82, 2.24) is 5.43 Å². The van der Waals surface area contributed by atoms with Gasteiger partial charge in [0, 0.05) is 29.1 Å². The van der Waals surface area contributed by atoms with Crippen molar-refractivity contribution < 1.29 is 14.7 Å². The minimum Gasteiger partial charge on any atom is -0.507 e. The van der Waals surface area contributed by atoms with Crippen LogP contribution in [0, 0.1) is 6.92 Å². The van der Waals surface area contributed by atoms with Crippen molar-refractivity contribution in [3.05, 3.63) is 58.6 Å². The monoisotopic (exact) mass is 359 g/mol. The number of anilines is 1. The molecule has 0 unspecified atom stereocenters. The quantitative estimate of drug-likeness (QED) is 0.546. The Morgan fingerprint density at radius 2 is 1.80 bits per heavy atom. The van der Waals surface area contributed by atoms with E-state index in [0.29, 0.717) is 16.3 Å². The number of nitrogens with one attached hydrogen (secondary N) is 2. The number of nitrogens with zero attached hydrogens (tertiary/aromatic N) is 1. The van der Waals surface area contributed by atoms with Gasteiger partial charge in [-0.1, -0.05) is 29.3 Å². The summed E-state index contributed by atoms with van der Waals surface area (Å²) in [5, 5.41) is 16.5. The van der Waals surface area contributed by atoms with E-state index in [9.17, 15) is 14.7 Å². The Bertz CT molecular complexity index is 789. The Morgan fingerprint density at radius 1 is 1.12 bits per heavy atom. The lowest BCUT2D eigenvalue weighted by Crippen LogP contribution is -2.20. The maximum absolute atomic E-state index is 11.8. The summed E-state index contributed by atoms with van der Waals surface area (Å²) in [6.07, 6.45) is 1.32. The predicted octanol–water partition coefficient (Wildman–Crippen LogP) is 3.22. The Morgan fingerprint density at radius 3 is 2.52 bits per heavy atom. The highest BCUT2D eigenvalue weighted by Crippen LogP contribution is 2.19. The first-order valence-corrected chi connectivity index (χ1v) is 7.99. The van der Waals surface area contributed by atoms with Crippen molar-refractivity contribution in [2.75, 3.05) is 5.32 Å². The van der Waals surface area contributed by atoms with Crippen molar-refractivity contribution in [3.63, 3.8) is 0 Å². The first kappa shape index (κ1) is 18.5. The molecule has 0 aliphatic rings. The largest absolute Gasteiger partial charge is 0.507 e. The number of phenolic OH excluding ortho intramolecular Hbond substituents is 1. The van der Waals surface area contributed by atoms with Crippen LogP contribution in [0.15, 0.2) is 47.6 Å². The van der Waals surface area contributed by atoms with Gasteiger partial charge >= 0.3 is 0 Å². The van der Waals surface area contributed by atoms with Gasteiger partial charge in [0.25, 0.3) is 0 Å². The zero-order valence-electron chi connectivity index (χ0n) is 13.6. The predicted molar refractivity (Wildman–Crippen MR) is 97.9 cm³/mol. The molecule has 0 spiro atoms. The zero-order valence-corrected chi connectivity index (χ0v) is 14.4. The molecule has 25 heavy (non-hydrogen) atoms. The van der Waals surface area contributed by atoms with Crippen LogP contribution in [0.1, 0.15) is 24.0 Å². The van der Waals surface area contributed by atoms with Gasteiger partial charge in [-0.15, -0.1) is 0 Å². The van der Waals surface area contributed by atoms with Gasteiger partial charge in [0.15, 0.2) is 0 Å². The molecule has 0 saturated carbocycles. The second-order valence-corrected chi connectivity index (χ2v) is 5.85. The molecule has 0 aliphatic carbocycles. The summed E-state index contributed by atoms with van der Waals surface area (Å²) >= 11 is 5.81. The van der Waals surface area contributed by atoms with Crippen LogP contribution in [0.3, 0.4) is 0 Å². The summed E-state index contributed by atoms with van der Waals surface area (Å²) in [5.41, 5.74) is 4.46. The molecule has 0 radical (unpaired) electrons. The van der Waals surface area contributed by atoms with Crippen molar-refractivity contribution >= 4 is 35.3 Å². The van der Waals surface area contributed by atoms with Crippen LogP contribution in [0.2, 0.25) is 5.02 Å². The smallest absolute Gasteiger partial charge is 0.240 e. The average Bonchev–Trinajstić information content (AvgIpc) is 2.58. The third-order valence-corrected chi connectivity index (χ3v) is 3.53. The topological polar surface area (TPSA) is 90.8 Å². The second kappa shape index (κ2) is 8.84. The molecule has 0 fully saturated rings. The molecule has 0 aliphatic heterocycles. The molecule has 0 bridgehead atoms. The molecule has 2 amide bonds. The van der Waals surface area contributed by atoms with Crippen LogP contribution in [0.25, 0.3) is 0 Å². The van der Waals surface area contributed by atoms with Gasteiger partial charge in [-0.2, -0.15) is 5.10 Å². The fraction of sp³-hybridized carbons (Fsp3) is 0.167. The molecule has 6 nitrogen and oxygen atoms in total. The molecule has 0 saturated heterocycles. The van der Waals surface area contributed by atoms with E-state index in [1.165, 1.54) is 18.3 Å². The highest BCUT2D eigenvalue weighted by molar-refractivity contribution is 6.30. The van der Waals surface area contributed by atoms with Crippen molar-refractivity contribution in [2.45, 2.75) is 19.8 Å². The van der Waals surface area contributed by atoms with Crippen molar-refractivity contribution in [1.29, 1.82) is 0 Å². The number of hydrazone groups is 1. The average molecular weight is 360 g/mol. The van der Waals surface area contributed by atoms with Crippen molar-refractivity contribution in [2.24, 2.45) is 5.10 Å². The summed E-state index contributed by atoms with van der Waals surface area (Å²) < 4.78 is 0. The van der Waals surface area contributed by atoms with Gasteiger partial charge in [-0.25, -0.2) is 5.43 Å². The highest BCUT2D eigenvalue weighted by Gasteiger charge is 2.07. The van der Waals surface area contributed by atoms with E-state index in [-0.39, 0.29) is 24.5 Å². The van der Waals surface area contributed by atoms with Crippen LogP contribution in [-0.4, -0.2) is 23.1 Å². The van der Waals surface area contributed by atoms with Crippen molar-refractivity contribution in [3.8, 4) is 5.75 Å². The van der Waals surface area contributed by atoms with Gasteiger partial charge in [-0.05, 0) is 37.3 Å². The van der Waals surface area contributed by atoms with E-state index in [1.54, 1.807) is 18.2 Å². The normalized spacial score (nSPS) is 10.6. The SMILES string of the molecule is Cc1ccc(NC(=O)CCC(=O)NN=Cc2cc(Cl)ccc2O)cc1. The third-order valence-electron chi connectivity index (χ3n) is 3.30. The van der Waals surface area contributed by atoms with E-state index < -0.39 is 5.91 Å². The summed E-state index contributed by atoms with van der Waals surface area (Å²) in [7, 11) is 0. The fourth-order valence-corrected chi connectivity index (χ4v) is 2.13. The van der Waals surface area contributed by atoms with E-state index in [4.69, 9.17) is 11.6 Å². The van der Waals surface area contributed by atoms with Crippen LogP contribution in [0.5, 0.6) is 5.75 Å². The van der Waals surface area contributed by atoms with Crippen LogP contribution < -0.4 is 10.7 Å². The second-order valence-electron chi connectivity index (χ2n) is 5.41. The molecule has 130 valence electrons. The van der Waals surface area contributed by atoms with Gasteiger partial charge in [0.05, 0.1) is 6.21 Å². The van der Waals surface area contributed by atoms with Crippen LogP contribution >= 0.6 is 11.6 Å². The minimum atomic E-state index is -0.406. The fourth-order valence-electron chi connectivity index (χ4n) is 1.95. The highest BCUT2D eigenvalue weighted by atomic mass is 35.5. The number of rotatable bonds is 6. The Balaban J connectivity index is 1.76. The number of carbonyl (C=O) groups is 2. The number of carbonyl (C=O) groups excluding carboxylic acids is 2. The number of aryl methyl sites for hydroxylation is 1. The first-order chi connectivity index (χ1) is 11.9. The number of benzene rings is 2. The maximum atomic E-state index is 11.8. The molecule has 2 rings (SSSR count). The van der Waals surface area contributed by atoms with Gasteiger partial charge in [0.2, 0.25) is 11.8 Å². The lowest BCUT2D eigenvalue weighted by atomic mass is 10.2. The number of amides is 2. The summed E-state index contributed by atoms with van der Waals surface area (Å²) in [5.74, 6) is -0.660. The minimum absolute atomic E-state index is 0.000116. The number of hydrogen-bond donors (Lipinski definition) is 3. The van der Waals surface area contributed by atoms with E-state index in [1.807, 2.05) is 19.1 Å². The van der Waals surface area contributed by atoms with Gasteiger partial charge in [-0.3, -0.25) is 9.59 Å². The van der Waals surface area contributed by atoms with E-state index in [2.05, 4.69) is 15.8 Å². The summed E-state index contributed by atoms with van der Waals surface area (Å²) in [6.45, 7) is 1.96. The standard InChI is InChI=1S/C18H18ClN3O3/c1-12-2-5-15(6-3-12)21-17(24)8-9-18(25)22-20-11-13-10-14(19)4-7-16(13)23/h2-7,10-11,23H,8-9H2,1H3,(H,21,24)(H,22,25). The molecule has 2 aromatic carbocycles. The molecule has 0 atom stereocenters. The molecule has 0 heterocycles. The summed E-state index contributed by atoms with van der Waals surface area (Å²) in [6, 6.07) is 11.9. The number of hydrogen-bond acceptors (Lipinski definition) is 4. The van der Waals surface area contributed by atoms with E-state index >= 15 is 0 Å². The lowest BCUT2D eigenvalue weighted by Gasteiger charge is -2.05. The van der Waals surface area contributed by atoms with Crippen LogP contribution in [-0.2, 0) is 9.59 Å². The molecule has 2 aromatic rings. The maximum Gasteiger partial charge on any atom is 0.240 e. The molecular weight excluding hydrogens is 342 g/mol. The van der Waals surface area contributed by atoms with Gasteiger partial charge in [0.1, 0.15) is 5.75 Å². The molecular formula is C18H18ClN3O3. The Labute approximate surface area is 150 Å². The Kier molecular flexibility index (Phi) is 6.54. The molecule has 3 N–H and O–H groups in total. The zero-order chi connectivity index (χ0) is 18.2. The van der Waals surface area contributed by atoms with Crippen LogP contribution in [0.4, 0.5) is 5.69 Å².